The first-order chi connectivity index (χ1) is 14.0. The quantitative estimate of drug-likeness (QED) is 0.599. The number of piperidine rings is 1. The van der Waals surface area contributed by atoms with Gasteiger partial charge in [-0.05, 0) is 74.8 Å². The number of aromatic nitrogens is 2. The molecule has 0 bridgehead atoms. The fraction of sp³-hybridized carbons (Fsp3) is 0.273. The van der Waals surface area contributed by atoms with Gasteiger partial charge >= 0.3 is 0 Å². The molecule has 0 unspecified atom stereocenters. The maximum Gasteiger partial charge on any atom is 0.259 e. The van der Waals surface area contributed by atoms with Gasteiger partial charge in [0.15, 0.2) is 0 Å². The van der Waals surface area contributed by atoms with Crippen LogP contribution in [0.5, 0.6) is 0 Å². The average Bonchev–Trinajstić information content (AvgIpc) is 3.17. The Morgan fingerprint density at radius 2 is 1.79 bits per heavy atom. The van der Waals surface area contributed by atoms with E-state index in [2.05, 4.69) is 15.7 Å². The molecule has 7 heteroatoms. The molecule has 1 aliphatic heterocycles. The fourth-order valence-electron chi connectivity index (χ4n) is 3.73. The lowest BCUT2D eigenvalue weighted by atomic mass is 9.91. The summed E-state index contributed by atoms with van der Waals surface area (Å²) in [6.45, 7) is 3.78. The summed E-state index contributed by atoms with van der Waals surface area (Å²) in [5.74, 6) is 0.0692. The topological polar surface area (TPSA) is 59.0 Å². The van der Waals surface area contributed by atoms with Crippen LogP contribution in [0.15, 0.2) is 48.7 Å². The fourth-order valence-corrected chi connectivity index (χ4v) is 4.03. The molecule has 5 nitrogen and oxygen atoms in total. The first kappa shape index (κ1) is 20.0. The van der Waals surface area contributed by atoms with Crippen LogP contribution in [0.25, 0.3) is 5.69 Å². The van der Waals surface area contributed by atoms with Crippen molar-refractivity contribution in [2.75, 3.05) is 18.4 Å². The molecule has 4 rings (SSSR count). The molecule has 2 N–H and O–H groups in total. The van der Waals surface area contributed by atoms with E-state index >= 15 is 0 Å². The van der Waals surface area contributed by atoms with Crippen LogP contribution in [0, 0.1) is 6.92 Å². The van der Waals surface area contributed by atoms with Crippen LogP contribution in [0.3, 0.4) is 0 Å². The predicted octanol–water partition coefficient (Wildman–Crippen LogP) is 5.21. The number of hydrogen-bond acceptors (Lipinski definition) is 3. The minimum Gasteiger partial charge on any atom is -0.322 e. The molecule has 0 radical (unpaired) electrons. The van der Waals surface area contributed by atoms with Gasteiger partial charge in [-0.15, -0.1) is 0 Å². The van der Waals surface area contributed by atoms with Gasteiger partial charge in [-0.2, -0.15) is 5.10 Å². The van der Waals surface area contributed by atoms with Crippen molar-refractivity contribution in [2.24, 2.45) is 0 Å². The largest absolute Gasteiger partial charge is 0.322 e. The predicted molar refractivity (Wildman–Crippen MR) is 118 cm³/mol. The first-order valence-corrected chi connectivity index (χ1v) is 10.4. The molecule has 2 aromatic carbocycles. The molecule has 3 aromatic rings. The number of carbonyl (C=O) groups excluding carboxylic acids is 1. The third-order valence-electron chi connectivity index (χ3n) is 5.30. The Morgan fingerprint density at radius 1 is 1.10 bits per heavy atom. The molecule has 1 aromatic heterocycles. The van der Waals surface area contributed by atoms with E-state index in [1.54, 1.807) is 12.3 Å². The number of carbonyl (C=O) groups is 1. The highest BCUT2D eigenvalue weighted by Crippen LogP contribution is 2.31. The molecule has 2 heterocycles. The van der Waals surface area contributed by atoms with Crippen molar-refractivity contribution < 1.29 is 4.79 Å². The second-order valence-electron chi connectivity index (χ2n) is 7.27. The minimum atomic E-state index is -0.177. The van der Waals surface area contributed by atoms with Gasteiger partial charge in [-0.25, -0.2) is 4.68 Å². The normalized spacial score (nSPS) is 14.7. The molecule has 0 saturated carbocycles. The maximum atomic E-state index is 13.2. The lowest BCUT2D eigenvalue weighted by Gasteiger charge is -2.24. The Bertz CT molecular complexity index is 1020. The second-order valence-corrected chi connectivity index (χ2v) is 8.14. The summed E-state index contributed by atoms with van der Waals surface area (Å²) in [6, 6.07) is 13.0. The van der Waals surface area contributed by atoms with Crippen LogP contribution in [-0.4, -0.2) is 28.8 Å². The van der Waals surface area contributed by atoms with Crippen molar-refractivity contribution in [3.63, 3.8) is 0 Å². The van der Waals surface area contributed by atoms with Crippen LogP contribution in [0.1, 0.15) is 40.4 Å². The summed E-state index contributed by atoms with van der Waals surface area (Å²) in [7, 11) is 0. The zero-order valence-electron chi connectivity index (χ0n) is 16.1. The average molecular weight is 429 g/mol. The van der Waals surface area contributed by atoms with Gasteiger partial charge < -0.3 is 10.6 Å². The highest BCUT2D eigenvalue weighted by atomic mass is 35.5. The first-order valence-electron chi connectivity index (χ1n) is 9.65. The highest BCUT2D eigenvalue weighted by molar-refractivity contribution is 6.31. The number of amides is 1. The summed E-state index contributed by atoms with van der Waals surface area (Å²) in [5, 5.41) is 12.2. The minimum absolute atomic E-state index is 0.177. The van der Waals surface area contributed by atoms with Gasteiger partial charge in [0.1, 0.15) is 0 Å². The van der Waals surface area contributed by atoms with E-state index < -0.39 is 0 Å². The van der Waals surface area contributed by atoms with Gasteiger partial charge in [0, 0.05) is 21.7 Å². The van der Waals surface area contributed by atoms with E-state index in [0.717, 1.165) is 42.9 Å². The van der Waals surface area contributed by atoms with Gasteiger partial charge in [0.2, 0.25) is 0 Å². The molecule has 1 amide bonds. The van der Waals surface area contributed by atoms with Crippen LogP contribution < -0.4 is 10.6 Å². The molecule has 29 heavy (non-hydrogen) atoms. The Hall–Kier alpha value is -2.34. The Morgan fingerprint density at radius 3 is 2.52 bits per heavy atom. The lowest BCUT2D eigenvalue weighted by Crippen LogP contribution is -2.29. The summed E-state index contributed by atoms with van der Waals surface area (Å²) in [5.41, 5.74) is 4.08. The standard InChI is InChI=1S/C22H22Cl2N4O/c1-14-2-3-17(24)12-20(14)27-22(29)19-13-26-28(18-6-4-16(23)5-7-18)21(19)15-8-10-25-11-9-15/h2-7,12-13,15,25H,8-11H2,1H3,(H,27,29). The van der Waals surface area contributed by atoms with Crippen molar-refractivity contribution >= 4 is 34.8 Å². The molecular weight excluding hydrogens is 407 g/mol. The van der Waals surface area contributed by atoms with Gasteiger partial charge in [-0.1, -0.05) is 29.3 Å². The van der Waals surface area contributed by atoms with E-state index in [9.17, 15) is 4.79 Å². The van der Waals surface area contributed by atoms with E-state index in [1.807, 2.05) is 48.0 Å². The van der Waals surface area contributed by atoms with Crippen molar-refractivity contribution in [3.05, 3.63) is 75.5 Å². The van der Waals surface area contributed by atoms with Gasteiger partial charge in [0.05, 0.1) is 23.1 Å². The van der Waals surface area contributed by atoms with E-state index in [0.29, 0.717) is 21.3 Å². The summed E-state index contributed by atoms with van der Waals surface area (Å²) >= 11 is 12.2. The summed E-state index contributed by atoms with van der Waals surface area (Å²) < 4.78 is 1.87. The van der Waals surface area contributed by atoms with Crippen molar-refractivity contribution in [3.8, 4) is 5.69 Å². The smallest absolute Gasteiger partial charge is 0.259 e. The number of nitrogens with one attached hydrogen (secondary N) is 2. The van der Waals surface area contributed by atoms with Crippen LogP contribution in [0.4, 0.5) is 5.69 Å². The number of nitrogens with zero attached hydrogens (tertiary/aromatic N) is 2. The third-order valence-corrected chi connectivity index (χ3v) is 5.78. The van der Waals surface area contributed by atoms with Crippen LogP contribution >= 0.6 is 23.2 Å². The van der Waals surface area contributed by atoms with E-state index in [1.165, 1.54) is 0 Å². The van der Waals surface area contributed by atoms with E-state index in [-0.39, 0.29) is 11.8 Å². The number of hydrogen-bond donors (Lipinski definition) is 2. The number of benzene rings is 2. The molecule has 1 saturated heterocycles. The van der Waals surface area contributed by atoms with Crippen molar-refractivity contribution in [2.45, 2.75) is 25.7 Å². The molecule has 1 fully saturated rings. The van der Waals surface area contributed by atoms with Crippen LogP contribution in [-0.2, 0) is 0 Å². The molecule has 150 valence electrons. The molecule has 0 atom stereocenters. The molecule has 0 aliphatic carbocycles. The molecule has 1 aliphatic rings. The third kappa shape index (κ3) is 4.32. The SMILES string of the molecule is Cc1ccc(Cl)cc1NC(=O)c1cnn(-c2ccc(Cl)cc2)c1C1CCNCC1. The summed E-state index contributed by atoms with van der Waals surface area (Å²) in [6.07, 6.45) is 3.56. The van der Waals surface area contributed by atoms with Crippen molar-refractivity contribution in [1.82, 2.24) is 15.1 Å². The zero-order chi connectivity index (χ0) is 20.4. The Kier molecular flexibility index (Phi) is 5.90. The summed E-state index contributed by atoms with van der Waals surface area (Å²) in [4.78, 5) is 13.2. The monoisotopic (exact) mass is 428 g/mol. The zero-order valence-corrected chi connectivity index (χ0v) is 17.6. The second kappa shape index (κ2) is 8.57. The number of rotatable bonds is 4. The number of anilines is 1. The maximum absolute atomic E-state index is 13.2. The number of aryl methyl sites for hydroxylation is 1. The van der Waals surface area contributed by atoms with Gasteiger partial charge in [-0.3, -0.25) is 4.79 Å². The van der Waals surface area contributed by atoms with Crippen LogP contribution in [0.2, 0.25) is 10.0 Å². The van der Waals surface area contributed by atoms with E-state index in [4.69, 9.17) is 23.2 Å². The Labute approximate surface area is 180 Å². The molecule has 0 spiro atoms. The van der Waals surface area contributed by atoms with Gasteiger partial charge in [0.25, 0.3) is 5.91 Å². The van der Waals surface area contributed by atoms with Crippen molar-refractivity contribution in [1.29, 1.82) is 0 Å². The highest BCUT2D eigenvalue weighted by Gasteiger charge is 2.27. The Balaban J connectivity index is 1.73. The molecular formula is C22H22Cl2N4O. The lowest BCUT2D eigenvalue weighted by molar-refractivity contribution is 0.102. The number of halogens is 2.